The van der Waals surface area contributed by atoms with E-state index in [1.165, 1.54) is 55.1 Å². The van der Waals surface area contributed by atoms with Crippen molar-refractivity contribution in [1.29, 1.82) is 0 Å². The maximum absolute atomic E-state index is 5.26. The smallest absolute Gasteiger partial charge is 0.160 e. The van der Waals surface area contributed by atoms with Gasteiger partial charge in [-0.1, -0.05) is 159 Å². The van der Waals surface area contributed by atoms with Gasteiger partial charge in [0.2, 0.25) is 0 Å². The molecule has 0 amide bonds. The fourth-order valence-corrected chi connectivity index (χ4v) is 8.41. The summed E-state index contributed by atoms with van der Waals surface area (Å²) in [5.74, 6) is 0.728. The zero-order chi connectivity index (χ0) is 34.1. The van der Waals surface area contributed by atoms with Crippen LogP contribution >= 0.6 is 0 Å². The minimum Gasteiger partial charge on any atom is -0.247 e. The molecule has 51 heavy (non-hydrogen) atoms. The van der Waals surface area contributed by atoms with E-state index < -0.39 is 0 Å². The Hall–Kier alpha value is -6.45. The van der Waals surface area contributed by atoms with Crippen LogP contribution in [0.5, 0.6) is 0 Å². The molecule has 0 atom stereocenters. The van der Waals surface area contributed by atoms with Crippen molar-refractivity contribution in [3.05, 3.63) is 175 Å². The second kappa shape index (κ2) is 11.3. The predicted molar refractivity (Wildman–Crippen MR) is 212 cm³/mol. The van der Waals surface area contributed by atoms with Crippen LogP contribution < -0.4 is 0 Å². The molecule has 0 radical (unpaired) electrons. The zero-order valence-electron chi connectivity index (χ0n) is 28.4. The summed E-state index contributed by atoms with van der Waals surface area (Å²) in [6.07, 6.45) is 3.88. The molecule has 2 heterocycles. The van der Waals surface area contributed by atoms with Crippen LogP contribution in [0.4, 0.5) is 0 Å². The Labute approximate surface area is 297 Å². The fourth-order valence-electron chi connectivity index (χ4n) is 8.41. The Bertz CT molecular complexity index is 2740. The first-order valence-corrected chi connectivity index (χ1v) is 17.5. The first-order valence-electron chi connectivity index (χ1n) is 17.5. The Morgan fingerprint density at radius 3 is 1.57 bits per heavy atom. The molecule has 2 aromatic heterocycles. The third-order valence-electron chi connectivity index (χ3n) is 10.7. The maximum atomic E-state index is 5.26. The normalized spacial score (nSPS) is 13.1. The Balaban J connectivity index is 1.16. The quantitative estimate of drug-likeness (QED) is 0.178. The van der Waals surface area contributed by atoms with E-state index in [0.717, 1.165) is 44.5 Å². The summed E-state index contributed by atoms with van der Waals surface area (Å²) < 4.78 is 0. The molecule has 7 aromatic carbocycles. The number of rotatable bonds is 4. The van der Waals surface area contributed by atoms with Crippen molar-refractivity contribution in [2.45, 2.75) is 19.3 Å². The topological polar surface area (TPSA) is 38.7 Å². The summed E-state index contributed by atoms with van der Waals surface area (Å²) in [4.78, 5) is 15.1. The van der Waals surface area contributed by atoms with E-state index in [9.17, 15) is 0 Å². The Kier molecular flexibility index (Phi) is 6.53. The predicted octanol–water partition coefficient (Wildman–Crippen LogP) is 12.3. The second-order valence-electron chi connectivity index (χ2n) is 14.0. The van der Waals surface area contributed by atoms with E-state index in [1.54, 1.807) is 0 Å². The zero-order valence-corrected chi connectivity index (χ0v) is 28.4. The highest BCUT2D eigenvalue weighted by molar-refractivity contribution is 6.20. The number of pyridine rings is 1. The summed E-state index contributed by atoms with van der Waals surface area (Å²) in [5, 5.41) is 5.83. The number of aromatic nitrogens is 3. The van der Waals surface area contributed by atoms with E-state index >= 15 is 0 Å². The third-order valence-corrected chi connectivity index (χ3v) is 10.7. The van der Waals surface area contributed by atoms with Gasteiger partial charge in [0.15, 0.2) is 5.82 Å². The average molecular weight is 652 g/mol. The molecular weight excluding hydrogens is 619 g/mol. The highest BCUT2D eigenvalue weighted by Gasteiger charge is 2.39. The van der Waals surface area contributed by atoms with Crippen LogP contribution in [-0.4, -0.2) is 15.0 Å². The number of para-hydroxylation sites is 1. The standard InChI is InChI=1S/C48H33N3/c1-48(2)40-22-12-10-20-38(40)46-45(48)43(39-21-11-13-23-41(39)51-46)32-26-24-31(25-27-32)42-34-16-6-8-18-36(34)44(37-19-9-7-17-35(37)42)47-49-28-33(29-50-47)30-14-4-3-5-15-30/h3-29H,1-2H3. The van der Waals surface area contributed by atoms with Gasteiger partial charge in [0.25, 0.3) is 0 Å². The Morgan fingerprint density at radius 1 is 0.412 bits per heavy atom. The molecule has 0 aliphatic heterocycles. The number of hydrogen-bond donors (Lipinski definition) is 0. The molecule has 0 saturated heterocycles. The monoisotopic (exact) mass is 651 g/mol. The van der Waals surface area contributed by atoms with Gasteiger partial charge in [-0.3, -0.25) is 0 Å². The van der Waals surface area contributed by atoms with Gasteiger partial charge >= 0.3 is 0 Å². The van der Waals surface area contributed by atoms with Gasteiger partial charge in [0.05, 0.1) is 11.2 Å². The molecule has 10 rings (SSSR count). The maximum Gasteiger partial charge on any atom is 0.160 e. The SMILES string of the molecule is CC1(C)c2ccccc2-c2nc3ccccc3c(-c3ccc(-c4c5ccccc5c(-c5ncc(-c6ccccc6)cn5)c5ccccc45)cc3)c21. The van der Waals surface area contributed by atoms with Crippen LogP contribution in [0, 0.1) is 0 Å². The van der Waals surface area contributed by atoms with Crippen LogP contribution in [0.3, 0.4) is 0 Å². The fraction of sp³-hybridized carbons (Fsp3) is 0.0625. The van der Waals surface area contributed by atoms with Gasteiger partial charge in [-0.2, -0.15) is 0 Å². The van der Waals surface area contributed by atoms with E-state index in [-0.39, 0.29) is 5.41 Å². The first-order chi connectivity index (χ1) is 25.1. The number of hydrogen-bond acceptors (Lipinski definition) is 3. The molecule has 0 bridgehead atoms. The van der Waals surface area contributed by atoms with Crippen molar-refractivity contribution in [3.8, 4) is 56.0 Å². The van der Waals surface area contributed by atoms with Gasteiger partial charge in [-0.15, -0.1) is 0 Å². The van der Waals surface area contributed by atoms with Crippen molar-refractivity contribution in [1.82, 2.24) is 15.0 Å². The molecule has 0 spiro atoms. The summed E-state index contributed by atoms with van der Waals surface area (Å²) in [5.41, 5.74) is 13.8. The van der Waals surface area contributed by atoms with E-state index in [1.807, 2.05) is 30.6 Å². The van der Waals surface area contributed by atoms with E-state index in [2.05, 4.69) is 147 Å². The average Bonchev–Trinajstić information content (AvgIpc) is 3.42. The van der Waals surface area contributed by atoms with Crippen molar-refractivity contribution < 1.29 is 0 Å². The first kappa shape index (κ1) is 29.5. The molecular formula is C48H33N3. The van der Waals surface area contributed by atoms with Crippen molar-refractivity contribution in [2.24, 2.45) is 0 Å². The minimum absolute atomic E-state index is 0.180. The minimum atomic E-state index is -0.180. The Morgan fingerprint density at radius 2 is 0.922 bits per heavy atom. The van der Waals surface area contributed by atoms with Gasteiger partial charge in [-0.25, -0.2) is 15.0 Å². The molecule has 1 aliphatic carbocycles. The van der Waals surface area contributed by atoms with Gasteiger partial charge < -0.3 is 0 Å². The molecule has 0 N–H and O–H groups in total. The van der Waals surface area contributed by atoms with Crippen molar-refractivity contribution in [2.75, 3.05) is 0 Å². The lowest BCUT2D eigenvalue weighted by Crippen LogP contribution is -2.16. The van der Waals surface area contributed by atoms with Gasteiger partial charge in [0.1, 0.15) is 0 Å². The second-order valence-corrected chi connectivity index (χ2v) is 14.0. The number of nitrogens with zero attached hydrogens (tertiary/aromatic N) is 3. The van der Waals surface area contributed by atoms with Crippen LogP contribution in [0.1, 0.15) is 25.0 Å². The van der Waals surface area contributed by atoms with Crippen molar-refractivity contribution >= 4 is 32.4 Å². The number of benzene rings is 7. The van der Waals surface area contributed by atoms with Crippen LogP contribution in [0.2, 0.25) is 0 Å². The van der Waals surface area contributed by atoms with Crippen molar-refractivity contribution in [3.63, 3.8) is 0 Å². The molecule has 0 saturated carbocycles. The molecule has 3 heteroatoms. The lowest BCUT2D eigenvalue weighted by atomic mass is 9.78. The molecule has 0 unspecified atom stereocenters. The van der Waals surface area contributed by atoms with Crippen LogP contribution in [-0.2, 0) is 5.41 Å². The summed E-state index contributed by atoms with van der Waals surface area (Å²) in [6.45, 7) is 4.68. The summed E-state index contributed by atoms with van der Waals surface area (Å²) in [7, 11) is 0. The molecule has 9 aromatic rings. The molecule has 240 valence electrons. The third kappa shape index (κ3) is 4.48. The molecule has 0 fully saturated rings. The summed E-state index contributed by atoms with van der Waals surface area (Å²) in [6, 6.07) is 54.2. The largest absolute Gasteiger partial charge is 0.247 e. The molecule has 3 nitrogen and oxygen atoms in total. The van der Waals surface area contributed by atoms with Crippen LogP contribution in [0.25, 0.3) is 88.5 Å². The lowest BCUT2D eigenvalue weighted by molar-refractivity contribution is 0.662. The highest BCUT2D eigenvalue weighted by Crippen LogP contribution is 2.53. The molecule has 1 aliphatic rings. The summed E-state index contributed by atoms with van der Waals surface area (Å²) >= 11 is 0. The van der Waals surface area contributed by atoms with Gasteiger partial charge in [-0.05, 0) is 66.6 Å². The van der Waals surface area contributed by atoms with E-state index in [0.29, 0.717) is 0 Å². The van der Waals surface area contributed by atoms with Crippen LogP contribution in [0.15, 0.2) is 164 Å². The van der Waals surface area contributed by atoms with E-state index in [4.69, 9.17) is 15.0 Å². The number of fused-ring (bicyclic) bond motifs is 6. The lowest BCUT2D eigenvalue weighted by Gasteiger charge is -2.25. The van der Waals surface area contributed by atoms with Gasteiger partial charge in [0, 0.05) is 39.9 Å². The highest BCUT2D eigenvalue weighted by atomic mass is 14.9.